The van der Waals surface area contributed by atoms with Crippen LogP contribution in [0.5, 0.6) is 0 Å². The molecule has 0 fully saturated rings. The fourth-order valence-electron chi connectivity index (χ4n) is 2.51. The molecule has 7 heteroatoms. The third-order valence-electron chi connectivity index (χ3n) is 3.92. The SMILES string of the molecule is CCCCCC(C)NC(=O)CSc1nnc(-c2ccc(F)cc2)n1C. The molecule has 136 valence electrons. The van der Waals surface area contributed by atoms with Crippen LogP contribution >= 0.6 is 11.8 Å². The Morgan fingerprint density at radius 2 is 2.00 bits per heavy atom. The lowest BCUT2D eigenvalue weighted by atomic mass is 10.1. The van der Waals surface area contributed by atoms with Crippen molar-refractivity contribution in [2.24, 2.45) is 7.05 Å². The van der Waals surface area contributed by atoms with Crippen LogP contribution in [0, 0.1) is 5.82 Å². The molecule has 5 nitrogen and oxygen atoms in total. The van der Waals surface area contributed by atoms with Crippen molar-refractivity contribution >= 4 is 17.7 Å². The van der Waals surface area contributed by atoms with Gasteiger partial charge in [0.05, 0.1) is 5.75 Å². The van der Waals surface area contributed by atoms with E-state index >= 15 is 0 Å². The van der Waals surface area contributed by atoms with Crippen LogP contribution < -0.4 is 5.32 Å². The standard InChI is InChI=1S/C18H25FN4OS/c1-4-5-6-7-13(2)20-16(24)12-25-18-22-21-17(23(18)3)14-8-10-15(19)11-9-14/h8-11,13H,4-7,12H2,1-3H3,(H,20,24). The number of hydrogen-bond donors (Lipinski definition) is 1. The second-order valence-corrected chi connectivity index (χ2v) is 7.07. The first-order chi connectivity index (χ1) is 12.0. The number of benzene rings is 1. The largest absolute Gasteiger partial charge is 0.353 e. The number of amides is 1. The molecule has 1 aromatic heterocycles. The molecule has 0 aliphatic carbocycles. The number of thioether (sulfide) groups is 1. The molecular weight excluding hydrogens is 339 g/mol. The molecule has 0 spiro atoms. The monoisotopic (exact) mass is 364 g/mol. The van der Waals surface area contributed by atoms with Gasteiger partial charge >= 0.3 is 0 Å². The fourth-order valence-corrected chi connectivity index (χ4v) is 3.23. The van der Waals surface area contributed by atoms with Gasteiger partial charge in [-0.15, -0.1) is 10.2 Å². The number of nitrogens with zero attached hydrogens (tertiary/aromatic N) is 3. The fraction of sp³-hybridized carbons (Fsp3) is 0.500. The molecule has 0 radical (unpaired) electrons. The van der Waals surface area contributed by atoms with Gasteiger partial charge in [0.1, 0.15) is 5.82 Å². The molecule has 1 heterocycles. The molecule has 25 heavy (non-hydrogen) atoms. The highest BCUT2D eigenvalue weighted by Gasteiger charge is 2.14. The van der Waals surface area contributed by atoms with Crippen LogP contribution in [0.1, 0.15) is 39.5 Å². The number of carbonyl (C=O) groups is 1. The summed E-state index contributed by atoms with van der Waals surface area (Å²) in [5, 5.41) is 11.9. The lowest BCUT2D eigenvalue weighted by Crippen LogP contribution is -2.33. The first kappa shape index (κ1) is 19.4. The number of rotatable bonds is 9. The highest BCUT2D eigenvalue weighted by Crippen LogP contribution is 2.22. The summed E-state index contributed by atoms with van der Waals surface area (Å²) >= 11 is 1.35. The first-order valence-electron chi connectivity index (χ1n) is 8.58. The van der Waals surface area contributed by atoms with E-state index in [1.54, 1.807) is 12.1 Å². The van der Waals surface area contributed by atoms with Crippen LogP contribution in [-0.2, 0) is 11.8 Å². The van der Waals surface area contributed by atoms with Crippen molar-refractivity contribution in [2.75, 3.05) is 5.75 Å². The lowest BCUT2D eigenvalue weighted by Gasteiger charge is -2.13. The van der Waals surface area contributed by atoms with Crippen LogP contribution in [-0.4, -0.2) is 32.5 Å². The highest BCUT2D eigenvalue weighted by atomic mass is 32.2. The zero-order chi connectivity index (χ0) is 18.2. The summed E-state index contributed by atoms with van der Waals surface area (Å²) in [7, 11) is 1.84. The van der Waals surface area contributed by atoms with Gasteiger partial charge in [-0.1, -0.05) is 37.9 Å². The van der Waals surface area contributed by atoms with Gasteiger partial charge in [-0.05, 0) is 37.6 Å². The molecule has 0 aliphatic heterocycles. The minimum Gasteiger partial charge on any atom is -0.353 e. The average molecular weight is 364 g/mol. The van der Waals surface area contributed by atoms with Crippen molar-refractivity contribution in [1.29, 1.82) is 0 Å². The van der Waals surface area contributed by atoms with Crippen molar-refractivity contribution in [3.05, 3.63) is 30.1 Å². The molecule has 2 rings (SSSR count). The second kappa shape index (κ2) is 9.56. The number of aromatic nitrogens is 3. The predicted octanol–water partition coefficient (Wildman–Crippen LogP) is 3.80. The van der Waals surface area contributed by atoms with Crippen molar-refractivity contribution in [2.45, 2.75) is 50.7 Å². The summed E-state index contributed by atoms with van der Waals surface area (Å²) in [6.07, 6.45) is 4.51. The van der Waals surface area contributed by atoms with E-state index in [0.717, 1.165) is 18.4 Å². The normalized spacial score (nSPS) is 12.2. The average Bonchev–Trinajstić information content (AvgIpc) is 2.95. The maximum atomic E-state index is 13.0. The van der Waals surface area contributed by atoms with Crippen molar-refractivity contribution in [3.8, 4) is 11.4 Å². The van der Waals surface area contributed by atoms with Gasteiger partial charge < -0.3 is 9.88 Å². The quantitative estimate of drug-likeness (QED) is 0.543. The van der Waals surface area contributed by atoms with E-state index in [-0.39, 0.29) is 17.8 Å². The molecule has 1 unspecified atom stereocenters. The van der Waals surface area contributed by atoms with E-state index in [0.29, 0.717) is 16.7 Å². The summed E-state index contributed by atoms with van der Waals surface area (Å²) in [6, 6.07) is 6.31. The molecule has 1 atom stereocenters. The van der Waals surface area contributed by atoms with E-state index < -0.39 is 0 Å². The summed E-state index contributed by atoms with van der Waals surface area (Å²) in [6.45, 7) is 4.20. The molecular formula is C18H25FN4OS. The van der Waals surface area contributed by atoms with Crippen molar-refractivity contribution in [3.63, 3.8) is 0 Å². The Bertz CT molecular complexity index is 687. The summed E-state index contributed by atoms with van der Waals surface area (Å²) < 4.78 is 14.8. The molecule has 2 aromatic rings. The maximum absolute atomic E-state index is 13.0. The first-order valence-corrected chi connectivity index (χ1v) is 9.57. The van der Waals surface area contributed by atoms with Gasteiger partial charge in [-0.25, -0.2) is 4.39 Å². The molecule has 0 saturated carbocycles. The smallest absolute Gasteiger partial charge is 0.230 e. The maximum Gasteiger partial charge on any atom is 0.230 e. The van der Waals surface area contributed by atoms with Crippen molar-refractivity contribution in [1.82, 2.24) is 20.1 Å². The molecule has 0 bridgehead atoms. The van der Waals surface area contributed by atoms with Crippen molar-refractivity contribution < 1.29 is 9.18 Å². The highest BCUT2D eigenvalue weighted by molar-refractivity contribution is 7.99. The van der Waals surface area contributed by atoms with Crippen LogP contribution in [0.15, 0.2) is 29.4 Å². The van der Waals surface area contributed by atoms with E-state index in [1.165, 1.54) is 36.7 Å². The van der Waals surface area contributed by atoms with Crippen LogP contribution in [0.4, 0.5) is 4.39 Å². The topological polar surface area (TPSA) is 59.8 Å². The summed E-state index contributed by atoms with van der Waals surface area (Å²) in [5.41, 5.74) is 0.789. The van der Waals surface area contributed by atoms with Gasteiger partial charge in [-0.2, -0.15) is 0 Å². The molecule has 1 N–H and O–H groups in total. The number of hydrogen-bond acceptors (Lipinski definition) is 4. The molecule has 0 saturated heterocycles. The summed E-state index contributed by atoms with van der Waals surface area (Å²) in [5.74, 6) is 0.662. The van der Waals surface area contributed by atoms with E-state index in [4.69, 9.17) is 0 Å². The zero-order valence-corrected chi connectivity index (χ0v) is 15.8. The molecule has 1 amide bonds. The third-order valence-corrected chi connectivity index (χ3v) is 4.94. The van der Waals surface area contributed by atoms with Gasteiger partial charge in [-0.3, -0.25) is 4.79 Å². The van der Waals surface area contributed by atoms with Gasteiger partial charge in [0.15, 0.2) is 11.0 Å². The van der Waals surface area contributed by atoms with Crippen LogP contribution in [0.3, 0.4) is 0 Å². The zero-order valence-electron chi connectivity index (χ0n) is 15.0. The lowest BCUT2D eigenvalue weighted by molar-refractivity contribution is -0.119. The number of carbonyl (C=O) groups excluding carboxylic acids is 1. The Hall–Kier alpha value is -1.89. The Morgan fingerprint density at radius 3 is 2.68 bits per heavy atom. The van der Waals surface area contributed by atoms with Gasteiger partial charge in [0.25, 0.3) is 0 Å². The van der Waals surface area contributed by atoms with E-state index in [2.05, 4.69) is 22.4 Å². The Morgan fingerprint density at radius 1 is 1.28 bits per heavy atom. The number of unbranched alkanes of at least 4 members (excludes halogenated alkanes) is 2. The predicted molar refractivity (Wildman–Crippen MR) is 98.9 cm³/mol. The summed E-state index contributed by atoms with van der Waals surface area (Å²) in [4.78, 5) is 12.1. The minimum absolute atomic E-state index is 0.000306. The molecule has 1 aromatic carbocycles. The minimum atomic E-state index is -0.287. The van der Waals surface area contributed by atoms with Gasteiger partial charge in [0.2, 0.25) is 5.91 Å². The Balaban J connectivity index is 1.87. The Kier molecular flexibility index (Phi) is 7.43. The number of halogens is 1. The van der Waals surface area contributed by atoms with Gasteiger partial charge in [0, 0.05) is 18.7 Å². The van der Waals surface area contributed by atoms with E-state index in [9.17, 15) is 9.18 Å². The van der Waals surface area contributed by atoms with Crippen LogP contribution in [0.25, 0.3) is 11.4 Å². The van der Waals surface area contributed by atoms with Crippen LogP contribution in [0.2, 0.25) is 0 Å². The number of nitrogens with one attached hydrogen (secondary N) is 1. The Labute approximate surface area is 152 Å². The molecule has 0 aliphatic rings. The van der Waals surface area contributed by atoms with E-state index in [1.807, 2.05) is 18.5 Å². The third kappa shape index (κ3) is 5.85. The second-order valence-electron chi connectivity index (χ2n) is 6.13.